The zero-order valence-corrected chi connectivity index (χ0v) is 18.4. The van der Waals surface area contributed by atoms with E-state index in [0.29, 0.717) is 0 Å². The number of carbonyl (C=O) groups is 2. The summed E-state index contributed by atoms with van der Waals surface area (Å²) in [7, 11) is 0. The van der Waals surface area contributed by atoms with Crippen LogP contribution < -0.4 is 10.6 Å². The van der Waals surface area contributed by atoms with E-state index in [9.17, 15) is 20.1 Å². The predicted molar refractivity (Wildman–Crippen MR) is 129 cm³/mol. The summed E-state index contributed by atoms with van der Waals surface area (Å²) in [5.74, 6) is -3.88. The number of hydrogen-bond donors (Lipinski definition) is 2. The maximum Gasteiger partial charge on any atom is 0.197 e. The third kappa shape index (κ3) is 3.64. The monoisotopic (exact) mass is 476 g/mol. The van der Waals surface area contributed by atoms with Crippen molar-refractivity contribution in [2.45, 2.75) is 0 Å². The van der Waals surface area contributed by atoms with Crippen LogP contribution in [0.2, 0.25) is 0 Å². The van der Waals surface area contributed by atoms with Crippen molar-refractivity contribution in [1.29, 1.82) is 10.5 Å². The van der Waals surface area contributed by atoms with E-state index in [4.69, 9.17) is 0 Å². The van der Waals surface area contributed by atoms with Crippen LogP contribution in [0.15, 0.2) is 72.8 Å². The smallest absolute Gasteiger partial charge is 0.197 e. The normalized spacial score (nSPS) is 11.7. The van der Waals surface area contributed by atoms with Gasteiger partial charge in [0, 0.05) is 22.5 Å². The van der Waals surface area contributed by atoms with Crippen molar-refractivity contribution in [2.24, 2.45) is 0 Å². The number of hydrogen-bond acceptors (Lipinski definition) is 6. The van der Waals surface area contributed by atoms with Gasteiger partial charge in [0.05, 0.1) is 34.4 Å². The molecule has 0 radical (unpaired) electrons. The van der Waals surface area contributed by atoms with E-state index in [1.54, 1.807) is 36.4 Å². The molecule has 0 saturated heterocycles. The van der Waals surface area contributed by atoms with Crippen LogP contribution in [0.25, 0.3) is 0 Å². The van der Waals surface area contributed by atoms with Crippen molar-refractivity contribution in [3.63, 3.8) is 0 Å². The van der Waals surface area contributed by atoms with Crippen molar-refractivity contribution < 1.29 is 18.4 Å². The Kier molecular flexibility index (Phi) is 5.48. The van der Waals surface area contributed by atoms with Gasteiger partial charge in [-0.15, -0.1) is 0 Å². The van der Waals surface area contributed by atoms with Crippen LogP contribution in [0.5, 0.6) is 0 Å². The van der Waals surface area contributed by atoms with Crippen molar-refractivity contribution in [2.75, 3.05) is 10.6 Å². The molecule has 0 fully saturated rings. The summed E-state index contributed by atoms with van der Waals surface area (Å²) in [6.07, 6.45) is 0. The van der Waals surface area contributed by atoms with Crippen molar-refractivity contribution in [3.8, 4) is 12.1 Å². The fraction of sp³-hybridized carbons (Fsp3) is 0. The van der Waals surface area contributed by atoms with E-state index in [0.717, 1.165) is 0 Å². The van der Waals surface area contributed by atoms with Gasteiger partial charge >= 0.3 is 0 Å². The zero-order chi connectivity index (χ0) is 25.4. The second-order valence-electron chi connectivity index (χ2n) is 7.97. The lowest BCUT2D eigenvalue weighted by Crippen LogP contribution is -2.25. The summed E-state index contributed by atoms with van der Waals surface area (Å²) >= 11 is 0. The highest BCUT2D eigenvalue weighted by Gasteiger charge is 2.38. The second kappa shape index (κ2) is 8.79. The van der Waals surface area contributed by atoms with Crippen molar-refractivity contribution in [1.82, 2.24) is 0 Å². The van der Waals surface area contributed by atoms with E-state index >= 15 is 8.78 Å². The molecule has 0 unspecified atom stereocenters. The minimum Gasteiger partial charge on any atom is -0.351 e. The number of halogens is 2. The number of anilines is 4. The number of fused-ring (bicyclic) bond motifs is 2. The molecule has 6 nitrogen and oxygen atoms in total. The molecule has 4 aromatic rings. The van der Waals surface area contributed by atoms with Crippen LogP contribution in [-0.2, 0) is 0 Å². The molecule has 36 heavy (non-hydrogen) atoms. The first-order valence-electron chi connectivity index (χ1n) is 10.7. The first-order chi connectivity index (χ1) is 17.4. The van der Waals surface area contributed by atoms with Crippen LogP contribution in [0.3, 0.4) is 0 Å². The van der Waals surface area contributed by atoms with E-state index in [-0.39, 0.29) is 33.6 Å². The summed E-state index contributed by atoms with van der Waals surface area (Å²) < 4.78 is 32.1. The van der Waals surface area contributed by atoms with Gasteiger partial charge in [0.2, 0.25) is 0 Å². The molecule has 0 atom stereocenters. The number of nitrogens with zero attached hydrogens (tertiary/aromatic N) is 2. The van der Waals surface area contributed by atoms with Crippen molar-refractivity contribution >= 4 is 34.3 Å². The summed E-state index contributed by atoms with van der Waals surface area (Å²) in [6.45, 7) is 0. The predicted octanol–water partition coefficient (Wildman–Crippen LogP) is 5.97. The molecule has 8 heteroatoms. The average Bonchev–Trinajstić information content (AvgIpc) is 2.91. The topological polar surface area (TPSA) is 106 Å². The first kappa shape index (κ1) is 22.5. The summed E-state index contributed by atoms with van der Waals surface area (Å²) in [4.78, 5) is 26.4. The molecule has 0 spiro atoms. The van der Waals surface area contributed by atoms with Crippen LogP contribution in [0.1, 0.15) is 43.0 Å². The van der Waals surface area contributed by atoms with Gasteiger partial charge in [0.1, 0.15) is 11.4 Å². The van der Waals surface area contributed by atoms with Crippen LogP contribution in [0.4, 0.5) is 31.5 Å². The van der Waals surface area contributed by atoms with Gasteiger partial charge in [-0.2, -0.15) is 10.5 Å². The lowest BCUT2D eigenvalue weighted by Gasteiger charge is -2.24. The highest BCUT2D eigenvalue weighted by Crippen LogP contribution is 2.42. The largest absolute Gasteiger partial charge is 0.351 e. The molecular weight excluding hydrogens is 462 g/mol. The van der Waals surface area contributed by atoms with Gasteiger partial charge in [0.25, 0.3) is 0 Å². The highest BCUT2D eigenvalue weighted by molar-refractivity contribution is 6.29. The summed E-state index contributed by atoms with van der Waals surface area (Å²) in [5.41, 5.74) is -1.18. The summed E-state index contributed by atoms with van der Waals surface area (Å²) in [6, 6.07) is 21.9. The lowest BCUT2D eigenvalue weighted by molar-refractivity contribution is 0.0972. The fourth-order valence-electron chi connectivity index (χ4n) is 4.12. The minimum absolute atomic E-state index is 0.0202. The molecule has 2 N–H and O–H groups in total. The van der Waals surface area contributed by atoms with Gasteiger partial charge in [0.15, 0.2) is 23.2 Å². The molecule has 1 aliphatic rings. The number of nitriles is 2. The minimum atomic E-state index is -1.12. The SMILES string of the molecule is N#Cc1cccc(Nc2c(F)c3c(c(F)c2Nc2cccc(C#N)c2)C(=O)c2ccccc2C3=O)c1. The third-order valence-corrected chi connectivity index (χ3v) is 5.77. The summed E-state index contributed by atoms with van der Waals surface area (Å²) in [5, 5.41) is 23.9. The quantitative estimate of drug-likeness (QED) is 0.331. The van der Waals surface area contributed by atoms with Crippen LogP contribution in [0, 0.1) is 34.3 Å². The molecule has 0 heterocycles. The Labute approximate surface area is 204 Å². The Morgan fingerprint density at radius 1 is 0.611 bits per heavy atom. The number of benzene rings is 4. The maximum atomic E-state index is 16.1. The number of nitrogens with one attached hydrogen (secondary N) is 2. The molecule has 5 rings (SSSR count). The van der Waals surface area contributed by atoms with E-state index in [2.05, 4.69) is 10.6 Å². The van der Waals surface area contributed by atoms with Gasteiger partial charge < -0.3 is 10.6 Å². The molecule has 4 aromatic carbocycles. The van der Waals surface area contributed by atoms with E-state index in [1.807, 2.05) is 12.1 Å². The Bertz CT molecular complexity index is 1560. The van der Waals surface area contributed by atoms with Gasteiger partial charge in [-0.1, -0.05) is 36.4 Å². The second-order valence-corrected chi connectivity index (χ2v) is 7.97. The molecular formula is C28H14F2N4O2. The molecule has 1 aliphatic carbocycles. The Morgan fingerprint density at radius 3 is 1.42 bits per heavy atom. The van der Waals surface area contributed by atoms with E-state index in [1.165, 1.54) is 36.4 Å². The Hall–Kier alpha value is -5.34. The molecule has 0 aromatic heterocycles. The molecule has 172 valence electrons. The van der Waals surface area contributed by atoms with E-state index < -0.39 is 45.7 Å². The van der Waals surface area contributed by atoms with Gasteiger partial charge in [-0.05, 0) is 36.4 Å². The Morgan fingerprint density at radius 2 is 1.03 bits per heavy atom. The standard InChI is InChI=1S/C28H14F2N4O2/c29-23-21-22(28(36)20-10-2-1-9-19(20)27(21)35)24(30)26(34-18-8-4-6-16(12-18)14-32)25(23)33-17-7-3-5-15(11-17)13-31/h1-12,33-34H. The molecule has 0 saturated carbocycles. The zero-order valence-electron chi connectivity index (χ0n) is 18.4. The number of carbonyl (C=O) groups excluding carboxylic acids is 2. The fourth-order valence-corrected chi connectivity index (χ4v) is 4.12. The van der Waals surface area contributed by atoms with Crippen LogP contribution >= 0.6 is 0 Å². The molecule has 0 aliphatic heterocycles. The third-order valence-electron chi connectivity index (χ3n) is 5.77. The average molecular weight is 476 g/mol. The Balaban J connectivity index is 1.75. The first-order valence-corrected chi connectivity index (χ1v) is 10.7. The molecule has 0 bridgehead atoms. The van der Waals surface area contributed by atoms with Crippen LogP contribution in [-0.4, -0.2) is 11.6 Å². The van der Waals surface area contributed by atoms with Gasteiger partial charge in [-0.25, -0.2) is 8.78 Å². The maximum absolute atomic E-state index is 16.1. The van der Waals surface area contributed by atoms with Gasteiger partial charge in [-0.3, -0.25) is 9.59 Å². The number of ketones is 2. The van der Waals surface area contributed by atoms with Crippen molar-refractivity contribution in [3.05, 3.63) is 118 Å². The number of rotatable bonds is 4. The highest BCUT2D eigenvalue weighted by atomic mass is 19.1. The lowest BCUT2D eigenvalue weighted by atomic mass is 9.82. The molecule has 0 amide bonds.